The van der Waals surface area contributed by atoms with Crippen LogP contribution >= 0.6 is 23.4 Å². The lowest BCUT2D eigenvalue weighted by molar-refractivity contribution is -0.117. The van der Waals surface area contributed by atoms with Gasteiger partial charge in [0.25, 0.3) is 5.91 Å². The summed E-state index contributed by atoms with van der Waals surface area (Å²) in [4.78, 5) is 29.8. The predicted molar refractivity (Wildman–Crippen MR) is 60.4 cm³/mol. The summed E-state index contributed by atoms with van der Waals surface area (Å²) in [5.74, 6) is -1.19. The Balaban J connectivity index is 2.85. The van der Waals surface area contributed by atoms with E-state index in [2.05, 4.69) is 15.3 Å². The summed E-state index contributed by atoms with van der Waals surface area (Å²) < 4.78 is 0. The molecule has 16 heavy (non-hydrogen) atoms. The Morgan fingerprint density at radius 2 is 2.31 bits per heavy atom. The van der Waals surface area contributed by atoms with Crippen molar-refractivity contribution >= 4 is 35.2 Å². The highest BCUT2D eigenvalue weighted by Gasteiger charge is 2.14. The molecule has 2 amide bonds. The number of halogens is 1. The van der Waals surface area contributed by atoms with Crippen LogP contribution < -0.4 is 11.1 Å². The van der Waals surface area contributed by atoms with Gasteiger partial charge in [-0.1, -0.05) is 23.4 Å². The number of thioether (sulfide) groups is 1. The summed E-state index contributed by atoms with van der Waals surface area (Å²) >= 11 is 7.03. The lowest BCUT2D eigenvalue weighted by atomic mass is 10.4. The van der Waals surface area contributed by atoms with Crippen LogP contribution in [0, 0.1) is 0 Å². The number of carbonyl (C=O) groups is 2. The molecular weight excluding hydrogens is 252 g/mol. The second-order valence-electron chi connectivity index (χ2n) is 2.70. The molecule has 0 aliphatic heterocycles. The molecule has 0 radical (unpaired) electrons. The maximum atomic E-state index is 11.5. The number of primary amides is 1. The fourth-order valence-electron chi connectivity index (χ4n) is 0.860. The number of nitrogens with zero attached hydrogens (tertiary/aromatic N) is 2. The molecule has 8 heteroatoms. The first-order valence-corrected chi connectivity index (χ1v) is 5.78. The highest BCUT2D eigenvalue weighted by atomic mass is 35.5. The molecule has 0 aliphatic carbocycles. The zero-order valence-electron chi connectivity index (χ0n) is 8.36. The largest absolute Gasteiger partial charge is 0.368 e. The molecule has 1 aromatic heterocycles. The van der Waals surface area contributed by atoms with Crippen LogP contribution in [0.2, 0.25) is 5.02 Å². The van der Waals surface area contributed by atoms with E-state index >= 15 is 0 Å². The molecule has 1 heterocycles. The van der Waals surface area contributed by atoms with Crippen LogP contribution in [-0.4, -0.2) is 34.6 Å². The summed E-state index contributed by atoms with van der Waals surface area (Å²) in [5, 5.41) is 2.84. The fourth-order valence-corrected chi connectivity index (χ4v) is 1.38. The van der Waals surface area contributed by atoms with Gasteiger partial charge < -0.3 is 11.1 Å². The Morgan fingerprint density at radius 1 is 1.62 bits per heavy atom. The summed E-state index contributed by atoms with van der Waals surface area (Å²) in [6.07, 6.45) is 3.11. The maximum absolute atomic E-state index is 11.5. The van der Waals surface area contributed by atoms with E-state index in [0.29, 0.717) is 5.16 Å². The molecule has 0 unspecified atom stereocenters. The lowest BCUT2D eigenvalue weighted by Gasteiger charge is -2.04. The highest BCUT2D eigenvalue weighted by molar-refractivity contribution is 7.98. The molecule has 86 valence electrons. The van der Waals surface area contributed by atoms with Crippen LogP contribution in [0.25, 0.3) is 0 Å². The van der Waals surface area contributed by atoms with Gasteiger partial charge in [0.05, 0.1) is 17.8 Å². The highest BCUT2D eigenvalue weighted by Crippen LogP contribution is 2.16. The first kappa shape index (κ1) is 12.7. The van der Waals surface area contributed by atoms with Gasteiger partial charge in [0.1, 0.15) is 0 Å². The van der Waals surface area contributed by atoms with Crippen LogP contribution in [-0.2, 0) is 4.79 Å². The molecule has 0 fully saturated rings. The molecule has 0 aromatic carbocycles. The number of amides is 2. The molecule has 0 saturated carbocycles. The van der Waals surface area contributed by atoms with Crippen LogP contribution in [0.1, 0.15) is 10.5 Å². The fraction of sp³-hybridized carbons (Fsp3) is 0.250. The second kappa shape index (κ2) is 5.66. The van der Waals surface area contributed by atoms with Crippen molar-refractivity contribution in [1.82, 2.24) is 15.3 Å². The van der Waals surface area contributed by atoms with Crippen LogP contribution in [0.3, 0.4) is 0 Å². The average Bonchev–Trinajstić information content (AvgIpc) is 2.26. The smallest absolute Gasteiger partial charge is 0.272 e. The van der Waals surface area contributed by atoms with Gasteiger partial charge in [0.15, 0.2) is 10.9 Å². The average molecular weight is 261 g/mol. The monoisotopic (exact) mass is 260 g/mol. The summed E-state index contributed by atoms with van der Waals surface area (Å²) in [6.45, 7) is -0.256. The van der Waals surface area contributed by atoms with Gasteiger partial charge in [0, 0.05) is 0 Å². The van der Waals surface area contributed by atoms with Crippen molar-refractivity contribution < 1.29 is 9.59 Å². The Kier molecular flexibility index (Phi) is 4.51. The van der Waals surface area contributed by atoms with Gasteiger partial charge in [-0.2, -0.15) is 0 Å². The third-order valence-electron chi connectivity index (χ3n) is 1.54. The molecule has 1 rings (SSSR count). The Hall–Kier alpha value is -1.34. The van der Waals surface area contributed by atoms with Gasteiger partial charge in [-0.25, -0.2) is 9.97 Å². The first-order chi connectivity index (χ1) is 7.54. The number of carbonyl (C=O) groups excluding carboxylic acids is 2. The summed E-state index contributed by atoms with van der Waals surface area (Å²) in [5.41, 5.74) is 4.92. The molecule has 0 aliphatic rings. The van der Waals surface area contributed by atoms with Crippen molar-refractivity contribution in [2.45, 2.75) is 5.16 Å². The number of aromatic nitrogens is 2. The summed E-state index contributed by atoms with van der Waals surface area (Å²) in [6, 6.07) is 0. The van der Waals surface area contributed by atoms with E-state index in [1.54, 1.807) is 6.26 Å². The molecule has 0 spiro atoms. The van der Waals surface area contributed by atoms with Gasteiger partial charge in [-0.05, 0) is 6.26 Å². The van der Waals surface area contributed by atoms with Crippen molar-refractivity contribution in [3.05, 3.63) is 16.9 Å². The van der Waals surface area contributed by atoms with E-state index in [-0.39, 0.29) is 17.3 Å². The normalized spacial score (nSPS) is 9.88. The zero-order chi connectivity index (χ0) is 12.1. The SMILES string of the molecule is CSc1ncc(Cl)c(C(=O)NCC(N)=O)n1. The van der Waals surface area contributed by atoms with Crippen LogP contribution in [0.5, 0.6) is 0 Å². The maximum Gasteiger partial charge on any atom is 0.272 e. The second-order valence-corrected chi connectivity index (χ2v) is 3.88. The minimum Gasteiger partial charge on any atom is -0.368 e. The van der Waals surface area contributed by atoms with Crippen molar-refractivity contribution in [1.29, 1.82) is 0 Å². The Bertz CT molecular complexity index is 426. The van der Waals surface area contributed by atoms with Crippen LogP contribution in [0.4, 0.5) is 0 Å². The molecule has 6 nitrogen and oxygen atoms in total. The quantitative estimate of drug-likeness (QED) is 0.590. The zero-order valence-corrected chi connectivity index (χ0v) is 9.93. The molecule has 3 N–H and O–H groups in total. The number of nitrogens with one attached hydrogen (secondary N) is 1. The van der Waals surface area contributed by atoms with Gasteiger partial charge in [0.2, 0.25) is 5.91 Å². The predicted octanol–water partition coefficient (Wildman–Crippen LogP) is 0.0670. The molecule has 0 atom stereocenters. The van der Waals surface area contributed by atoms with Crippen molar-refractivity contribution in [3.63, 3.8) is 0 Å². The van der Waals surface area contributed by atoms with E-state index in [1.807, 2.05) is 0 Å². The number of hydrogen-bond donors (Lipinski definition) is 2. The van der Waals surface area contributed by atoms with E-state index in [1.165, 1.54) is 18.0 Å². The third-order valence-corrected chi connectivity index (χ3v) is 2.38. The van der Waals surface area contributed by atoms with E-state index in [0.717, 1.165) is 0 Å². The minimum absolute atomic E-state index is 0.0299. The van der Waals surface area contributed by atoms with Crippen molar-refractivity contribution in [3.8, 4) is 0 Å². The third kappa shape index (κ3) is 3.35. The number of hydrogen-bond acceptors (Lipinski definition) is 5. The Morgan fingerprint density at radius 3 is 2.88 bits per heavy atom. The molecule has 1 aromatic rings. The molecular formula is C8H9ClN4O2S. The van der Waals surface area contributed by atoms with E-state index < -0.39 is 11.8 Å². The summed E-state index contributed by atoms with van der Waals surface area (Å²) in [7, 11) is 0. The topological polar surface area (TPSA) is 98.0 Å². The number of nitrogens with two attached hydrogens (primary N) is 1. The van der Waals surface area contributed by atoms with Gasteiger partial charge in [-0.15, -0.1) is 0 Å². The van der Waals surface area contributed by atoms with Crippen molar-refractivity contribution in [2.75, 3.05) is 12.8 Å². The standard InChI is InChI=1S/C8H9ClN4O2S/c1-16-8-12-2-4(9)6(13-8)7(15)11-3-5(10)14/h2H,3H2,1H3,(H2,10,14)(H,11,15). The lowest BCUT2D eigenvalue weighted by Crippen LogP contribution is -2.34. The number of rotatable bonds is 4. The molecule has 0 saturated heterocycles. The van der Waals surface area contributed by atoms with Crippen molar-refractivity contribution in [2.24, 2.45) is 5.73 Å². The minimum atomic E-state index is -0.636. The Labute approximate surface area is 101 Å². The molecule has 0 bridgehead atoms. The van der Waals surface area contributed by atoms with E-state index in [9.17, 15) is 9.59 Å². The van der Waals surface area contributed by atoms with Gasteiger partial charge in [-0.3, -0.25) is 9.59 Å². The van der Waals surface area contributed by atoms with E-state index in [4.69, 9.17) is 17.3 Å². The van der Waals surface area contributed by atoms with Gasteiger partial charge >= 0.3 is 0 Å². The van der Waals surface area contributed by atoms with Crippen LogP contribution in [0.15, 0.2) is 11.4 Å². The first-order valence-electron chi connectivity index (χ1n) is 4.17.